The number of carbonyl (C=O) groups is 1. The van der Waals surface area contributed by atoms with Gasteiger partial charge >= 0.3 is 0 Å². The number of rotatable bonds is 10. The van der Waals surface area contributed by atoms with Crippen LogP contribution in [-0.4, -0.2) is 11.3 Å². The molecular weight excluding hydrogens is 198 g/mol. The van der Waals surface area contributed by atoms with Crippen LogP contribution < -0.4 is 5.73 Å². The van der Waals surface area contributed by atoms with Gasteiger partial charge in [0.25, 0.3) is 0 Å². The molecule has 16 heavy (non-hydrogen) atoms. The molecule has 0 amide bonds. The molecular formula is C14H29NO. The molecule has 0 saturated heterocycles. The molecule has 0 aromatic rings. The smallest absolute Gasteiger partial charge is 0.132 e. The van der Waals surface area contributed by atoms with Crippen molar-refractivity contribution < 1.29 is 4.79 Å². The van der Waals surface area contributed by atoms with Crippen molar-refractivity contribution in [3.8, 4) is 0 Å². The summed E-state index contributed by atoms with van der Waals surface area (Å²) in [5.74, 6) is 0.383. The Bertz CT molecular complexity index is 182. The maximum absolute atomic E-state index is 11.5. The van der Waals surface area contributed by atoms with Gasteiger partial charge in [-0.2, -0.15) is 0 Å². The monoisotopic (exact) mass is 227 g/mol. The summed E-state index contributed by atoms with van der Waals surface area (Å²) < 4.78 is 0. The summed E-state index contributed by atoms with van der Waals surface area (Å²) in [6, 6.07) is 0. The van der Waals surface area contributed by atoms with Gasteiger partial charge in [-0.05, 0) is 26.7 Å². The van der Waals surface area contributed by atoms with Gasteiger partial charge in [0, 0.05) is 18.4 Å². The number of nitrogens with two attached hydrogens (primary N) is 1. The summed E-state index contributed by atoms with van der Waals surface area (Å²) in [5, 5.41) is 0. The normalized spacial score (nSPS) is 11.8. The first-order valence-corrected chi connectivity index (χ1v) is 6.76. The number of hydrogen-bond donors (Lipinski definition) is 1. The lowest BCUT2D eigenvalue weighted by atomic mass is 9.96. The van der Waals surface area contributed by atoms with Crippen LogP contribution in [0, 0.1) is 0 Å². The topological polar surface area (TPSA) is 43.1 Å². The molecule has 0 unspecified atom stereocenters. The van der Waals surface area contributed by atoms with Crippen LogP contribution >= 0.6 is 0 Å². The third-order valence-electron chi connectivity index (χ3n) is 2.86. The van der Waals surface area contributed by atoms with E-state index in [-0.39, 0.29) is 5.54 Å². The number of hydrogen-bond acceptors (Lipinski definition) is 2. The van der Waals surface area contributed by atoms with Crippen molar-refractivity contribution in [1.29, 1.82) is 0 Å². The highest BCUT2D eigenvalue weighted by Crippen LogP contribution is 2.11. The van der Waals surface area contributed by atoms with E-state index in [4.69, 9.17) is 5.73 Å². The lowest BCUT2D eigenvalue weighted by molar-refractivity contribution is -0.119. The molecule has 0 saturated carbocycles. The second-order valence-corrected chi connectivity index (χ2v) is 5.55. The lowest BCUT2D eigenvalue weighted by Crippen LogP contribution is -2.32. The van der Waals surface area contributed by atoms with E-state index in [1.165, 1.54) is 32.1 Å². The van der Waals surface area contributed by atoms with Crippen LogP contribution in [0.15, 0.2) is 0 Å². The van der Waals surface area contributed by atoms with E-state index in [2.05, 4.69) is 6.92 Å². The van der Waals surface area contributed by atoms with E-state index in [1.54, 1.807) is 0 Å². The molecule has 0 fully saturated rings. The highest BCUT2D eigenvalue weighted by atomic mass is 16.1. The van der Waals surface area contributed by atoms with Crippen LogP contribution in [0.25, 0.3) is 0 Å². The fourth-order valence-corrected chi connectivity index (χ4v) is 1.69. The van der Waals surface area contributed by atoms with E-state index in [9.17, 15) is 4.79 Å². The molecule has 2 nitrogen and oxygen atoms in total. The van der Waals surface area contributed by atoms with Gasteiger partial charge < -0.3 is 5.73 Å². The third-order valence-corrected chi connectivity index (χ3v) is 2.86. The van der Waals surface area contributed by atoms with Gasteiger partial charge in [0.2, 0.25) is 0 Å². The Morgan fingerprint density at radius 1 is 1.00 bits per heavy atom. The van der Waals surface area contributed by atoms with Gasteiger partial charge in [-0.1, -0.05) is 39.0 Å². The predicted molar refractivity (Wildman–Crippen MR) is 70.5 cm³/mol. The highest BCUT2D eigenvalue weighted by molar-refractivity contribution is 5.78. The Hall–Kier alpha value is -0.370. The molecule has 0 aromatic heterocycles. The molecule has 2 heteroatoms. The van der Waals surface area contributed by atoms with Crippen molar-refractivity contribution in [2.24, 2.45) is 5.73 Å². The summed E-state index contributed by atoms with van der Waals surface area (Å²) in [7, 11) is 0. The Morgan fingerprint density at radius 3 is 2.12 bits per heavy atom. The SMILES string of the molecule is CCCCCCCCC(=O)CCC(C)(C)N. The molecule has 2 N–H and O–H groups in total. The summed E-state index contributed by atoms with van der Waals surface area (Å²) in [5.41, 5.74) is 5.64. The van der Waals surface area contributed by atoms with Crippen molar-refractivity contribution >= 4 is 5.78 Å². The van der Waals surface area contributed by atoms with Crippen LogP contribution in [0.1, 0.15) is 78.6 Å². The summed E-state index contributed by atoms with van der Waals surface area (Å²) in [6.07, 6.45) is 9.69. The summed E-state index contributed by atoms with van der Waals surface area (Å²) in [6.45, 7) is 6.17. The van der Waals surface area contributed by atoms with Gasteiger partial charge in [0.05, 0.1) is 0 Å². The first-order valence-electron chi connectivity index (χ1n) is 6.76. The Morgan fingerprint density at radius 2 is 1.56 bits per heavy atom. The molecule has 96 valence electrons. The van der Waals surface area contributed by atoms with Gasteiger partial charge in [0.15, 0.2) is 0 Å². The molecule has 0 aromatic carbocycles. The van der Waals surface area contributed by atoms with Crippen LogP contribution in [0.3, 0.4) is 0 Å². The van der Waals surface area contributed by atoms with Gasteiger partial charge in [0.1, 0.15) is 5.78 Å². The van der Waals surface area contributed by atoms with Gasteiger partial charge in [-0.15, -0.1) is 0 Å². The average Bonchev–Trinajstić information content (AvgIpc) is 2.19. The van der Waals surface area contributed by atoms with Crippen LogP contribution in [0.2, 0.25) is 0 Å². The average molecular weight is 227 g/mol. The predicted octanol–water partition coefficient (Wildman–Crippen LogP) is 3.82. The van der Waals surface area contributed by atoms with Crippen molar-refractivity contribution in [3.63, 3.8) is 0 Å². The van der Waals surface area contributed by atoms with Crippen LogP contribution in [-0.2, 0) is 4.79 Å². The van der Waals surface area contributed by atoms with Gasteiger partial charge in [-0.25, -0.2) is 0 Å². The second-order valence-electron chi connectivity index (χ2n) is 5.55. The van der Waals surface area contributed by atoms with Crippen molar-refractivity contribution in [2.75, 3.05) is 0 Å². The van der Waals surface area contributed by atoms with Crippen molar-refractivity contribution in [1.82, 2.24) is 0 Å². The first-order chi connectivity index (χ1) is 7.45. The zero-order valence-corrected chi connectivity index (χ0v) is 11.3. The van der Waals surface area contributed by atoms with E-state index >= 15 is 0 Å². The van der Waals surface area contributed by atoms with E-state index in [0.29, 0.717) is 12.2 Å². The fraction of sp³-hybridized carbons (Fsp3) is 0.929. The number of unbranched alkanes of at least 4 members (excludes halogenated alkanes) is 5. The molecule has 0 aliphatic rings. The summed E-state index contributed by atoms with van der Waals surface area (Å²) in [4.78, 5) is 11.5. The molecule has 0 bridgehead atoms. The molecule has 0 spiro atoms. The Labute approximate surface area is 101 Å². The minimum absolute atomic E-state index is 0.198. The minimum atomic E-state index is -0.198. The molecule has 0 rings (SSSR count). The van der Waals surface area contributed by atoms with Crippen LogP contribution in [0.5, 0.6) is 0 Å². The maximum Gasteiger partial charge on any atom is 0.132 e. The van der Waals surface area contributed by atoms with E-state index in [1.807, 2.05) is 13.8 Å². The first kappa shape index (κ1) is 15.6. The molecule has 0 heterocycles. The number of Topliss-reactive ketones (excluding diaryl/α,β-unsaturated/α-hetero) is 1. The van der Waals surface area contributed by atoms with E-state index < -0.39 is 0 Å². The zero-order chi connectivity index (χ0) is 12.4. The maximum atomic E-state index is 11.5. The number of ketones is 1. The molecule has 0 atom stereocenters. The largest absolute Gasteiger partial charge is 0.326 e. The minimum Gasteiger partial charge on any atom is -0.326 e. The van der Waals surface area contributed by atoms with Gasteiger partial charge in [-0.3, -0.25) is 4.79 Å². The zero-order valence-electron chi connectivity index (χ0n) is 11.3. The fourth-order valence-electron chi connectivity index (χ4n) is 1.69. The lowest BCUT2D eigenvalue weighted by Gasteiger charge is -2.17. The quantitative estimate of drug-likeness (QED) is 0.576. The molecule has 0 radical (unpaired) electrons. The van der Waals surface area contributed by atoms with E-state index in [0.717, 1.165) is 19.3 Å². The van der Waals surface area contributed by atoms with Crippen molar-refractivity contribution in [2.45, 2.75) is 84.1 Å². The third kappa shape index (κ3) is 11.7. The molecule has 0 aliphatic heterocycles. The standard InChI is InChI=1S/C14H29NO/c1-4-5-6-7-8-9-10-13(16)11-12-14(2,3)15/h4-12,15H2,1-3H3. The second kappa shape index (κ2) is 8.74. The van der Waals surface area contributed by atoms with Crippen molar-refractivity contribution in [3.05, 3.63) is 0 Å². The van der Waals surface area contributed by atoms with Crippen LogP contribution in [0.4, 0.5) is 0 Å². The summed E-state index contributed by atoms with van der Waals surface area (Å²) >= 11 is 0. The number of carbonyl (C=O) groups excluding carboxylic acids is 1. The highest BCUT2D eigenvalue weighted by Gasteiger charge is 2.12. The Kier molecular flexibility index (Phi) is 8.54. The Balaban J connectivity index is 3.31. The molecule has 0 aliphatic carbocycles.